The van der Waals surface area contributed by atoms with Gasteiger partial charge in [0.2, 0.25) is 15.9 Å². The van der Waals surface area contributed by atoms with E-state index in [1.165, 1.54) is 12.1 Å². The van der Waals surface area contributed by atoms with Gasteiger partial charge in [0.15, 0.2) is 0 Å². The number of hydrogen-bond acceptors (Lipinski definition) is 5. The van der Waals surface area contributed by atoms with Crippen molar-refractivity contribution < 1.29 is 13.2 Å². The molecule has 1 aliphatic rings. The Morgan fingerprint density at radius 1 is 1.26 bits per heavy atom. The molecule has 0 saturated carbocycles. The van der Waals surface area contributed by atoms with Gasteiger partial charge in [-0.05, 0) is 18.2 Å². The molecule has 0 radical (unpaired) electrons. The van der Waals surface area contributed by atoms with Gasteiger partial charge in [0.25, 0.3) is 0 Å². The van der Waals surface area contributed by atoms with Crippen LogP contribution in [-0.2, 0) is 14.8 Å². The molecular weight excluding hydrogens is 268 g/mol. The number of sulfonamides is 1. The number of amides is 1. The third-order valence-electron chi connectivity index (χ3n) is 2.98. The quantitative estimate of drug-likeness (QED) is 0.617. The molecule has 8 heteroatoms. The third kappa shape index (κ3) is 3.15. The van der Waals surface area contributed by atoms with Crippen LogP contribution in [0.2, 0.25) is 0 Å². The number of nitrogens with one attached hydrogen (secondary N) is 1. The monoisotopic (exact) mass is 284 g/mol. The second-order valence-electron chi connectivity index (χ2n) is 4.35. The highest BCUT2D eigenvalue weighted by Crippen LogP contribution is 2.26. The second-order valence-corrected chi connectivity index (χ2v) is 5.91. The van der Waals surface area contributed by atoms with Crippen molar-refractivity contribution in [3.05, 3.63) is 18.2 Å². The van der Waals surface area contributed by atoms with Crippen LogP contribution in [0.1, 0.15) is 6.42 Å². The minimum absolute atomic E-state index is 0.00206. The molecule has 7 nitrogen and oxygen atoms in total. The summed E-state index contributed by atoms with van der Waals surface area (Å²) in [6.45, 7) is 1.71. The number of rotatable bonds is 2. The first kappa shape index (κ1) is 13.6. The molecular formula is C11H16N4O3S. The molecule has 5 N–H and O–H groups in total. The minimum Gasteiger partial charge on any atom is -0.397 e. The summed E-state index contributed by atoms with van der Waals surface area (Å²) in [6, 6.07) is 4.37. The molecule has 1 aromatic carbocycles. The Balaban J connectivity index is 2.28. The van der Waals surface area contributed by atoms with Gasteiger partial charge >= 0.3 is 0 Å². The van der Waals surface area contributed by atoms with Crippen LogP contribution in [0.3, 0.4) is 0 Å². The van der Waals surface area contributed by atoms with Crippen molar-refractivity contribution in [1.82, 2.24) is 5.32 Å². The lowest BCUT2D eigenvalue weighted by molar-refractivity contribution is -0.120. The Morgan fingerprint density at radius 2 is 2.00 bits per heavy atom. The van der Waals surface area contributed by atoms with Gasteiger partial charge in [0, 0.05) is 26.1 Å². The minimum atomic E-state index is -3.75. The fourth-order valence-electron chi connectivity index (χ4n) is 2.01. The van der Waals surface area contributed by atoms with Crippen molar-refractivity contribution in [2.24, 2.45) is 5.14 Å². The Kier molecular flexibility index (Phi) is 3.63. The summed E-state index contributed by atoms with van der Waals surface area (Å²) in [5.74, 6) is 0.00206. The molecule has 1 aromatic rings. The summed E-state index contributed by atoms with van der Waals surface area (Å²) in [6.07, 6.45) is 0.385. The number of carbonyl (C=O) groups is 1. The van der Waals surface area contributed by atoms with Crippen LogP contribution in [0, 0.1) is 0 Å². The first-order chi connectivity index (χ1) is 8.88. The normalized spacial score (nSPS) is 16.9. The average Bonchev–Trinajstić information content (AvgIpc) is 2.53. The van der Waals surface area contributed by atoms with Crippen molar-refractivity contribution in [3.8, 4) is 0 Å². The zero-order valence-electron chi connectivity index (χ0n) is 10.3. The summed E-state index contributed by atoms with van der Waals surface area (Å²) in [5, 5.41) is 7.81. The number of nitrogens with zero attached hydrogens (tertiary/aromatic N) is 1. The van der Waals surface area contributed by atoms with E-state index in [0.717, 1.165) is 0 Å². The topological polar surface area (TPSA) is 119 Å². The van der Waals surface area contributed by atoms with Gasteiger partial charge in [-0.3, -0.25) is 4.79 Å². The first-order valence-electron chi connectivity index (χ1n) is 5.82. The van der Waals surface area contributed by atoms with Crippen molar-refractivity contribution in [3.63, 3.8) is 0 Å². The van der Waals surface area contributed by atoms with Gasteiger partial charge < -0.3 is 16.0 Å². The SMILES string of the molecule is Nc1cc(S(N)(=O)=O)ccc1N1CCNC(=O)CC1. The van der Waals surface area contributed by atoms with Crippen molar-refractivity contribution in [2.45, 2.75) is 11.3 Å². The lowest BCUT2D eigenvalue weighted by atomic mass is 10.2. The number of carbonyl (C=O) groups excluding carboxylic acids is 1. The van der Waals surface area contributed by atoms with Gasteiger partial charge in [0.05, 0.1) is 16.3 Å². The lowest BCUT2D eigenvalue weighted by Gasteiger charge is -2.23. The molecule has 0 spiro atoms. The van der Waals surface area contributed by atoms with Gasteiger partial charge in [-0.1, -0.05) is 0 Å². The molecule has 1 aliphatic heterocycles. The summed E-state index contributed by atoms with van der Waals surface area (Å²) in [4.78, 5) is 13.2. The highest BCUT2D eigenvalue weighted by atomic mass is 32.2. The number of primary sulfonamides is 1. The smallest absolute Gasteiger partial charge is 0.238 e. The Morgan fingerprint density at radius 3 is 2.63 bits per heavy atom. The zero-order chi connectivity index (χ0) is 14.0. The number of anilines is 2. The van der Waals surface area contributed by atoms with Crippen LogP contribution in [0.5, 0.6) is 0 Å². The molecule has 0 aromatic heterocycles. The Hall–Kier alpha value is -1.80. The molecule has 1 amide bonds. The maximum absolute atomic E-state index is 11.3. The van der Waals surface area contributed by atoms with Crippen molar-refractivity contribution in [2.75, 3.05) is 30.3 Å². The summed E-state index contributed by atoms with van der Waals surface area (Å²) < 4.78 is 22.4. The van der Waals surface area contributed by atoms with Gasteiger partial charge in [0.1, 0.15) is 0 Å². The fourth-order valence-corrected chi connectivity index (χ4v) is 2.55. The van der Waals surface area contributed by atoms with Crippen LogP contribution in [0.15, 0.2) is 23.1 Å². The average molecular weight is 284 g/mol. The molecule has 2 rings (SSSR count). The number of hydrogen-bond donors (Lipinski definition) is 3. The number of nitrogen functional groups attached to an aromatic ring is 1. The molecule has 1 fully saturated rings. The molecule has 19 heavy (non-hydrogen) atoms. The van der Waals surface area contributed by atoms with E-state index in [-0.39, 0.29) is 10.8 Å². The standard InChI is InChI=1S/C11H16N4O3S/c12-9-7-8(19(13,17)18)1-2-10(9)15-5-3-11(16)14-4-6-15/h1-2,7H,3-6,12H2,(H,14,16)(H2,13,17,18). The largest absolute Gasteiger partial charge is 0.397 e. The summed E-state index contributed by atoms with van der Waals surface area (Å²) in [5.41, 5.74) is 6.91. The van der Waals surface area contributed by atoms with Crippen LogP contribution < -0.4 is 21.1 Å². The highest BCUT2D eigenvalue weighted by molar-refractivity contribution is 7.89. The molecule has 1 saturated heterocycles. The van der Waals surface area contributed by atoms with E-state index in [9.17, 15) is 13.2 Å². The zero-order valence-corrected chi connectivity index (χ0v) is 11.1. The third-order valence-corrected chi connectivity index (χ3v) is 3.89. The van der Waals surface area contributed by atoms with Gasteiger partial charge in [-0.25, -0.2) is 13.6 Å². The van der Waals surface area contributed by atoms with Gasteiger partial charge in [-0.2, -0.15) is 0 Å². The number of benzene rings is 1. The molecule has 0 atom stereocenters. The second kappa shape index (κ2) is 5.06. The maximum Gasteiger partial charge on any atom is 0.238 e. The summed E-state index contributed by atoms with van der Waals surface area (Å²) >= 11 is 0. The van der Waals surface area contributed by atoms with Crippen molar-refractivity contribution >= 4 is 27.3 Å². The lowest BCUT2D eigenvalue weighted by Crippen LogP contribution is -2.29. The highest BCUT2D eigenvalue weighted by Gasteiger charge is 2.17. The molecule has 0 aliphatic carbocycles. The maximum atomic E-state index is 11.3. The van der Waals surface area contributed by atoms with Crippen molar-refractivity contribution in [1.29, 1.82) is 0 Å². The van der Waals surface area contributed by atoms with Gasteiger partial charge in [-0.15, -0.1) is 0 Å². The van der Waals surface area contributed by atoms with E-state index in [1.54, 1.807) is 6.07 Å². The van der Waals surface area contributed by atoms with Crippen LogP contribution >= 0.6 is 0 Å². The Labute approximate surface area is 111 Å². The van der Waals surface area contributed by atoms with Crippen LogP contribution in [0.25, 0.3) is 0 Å². The van der Waals surface area contributed by atoms with Crippen LogP contribution in [-0.4, -0.2) is 34.0 Å². The molecule has 1 heterocycles. The molecule has 0 unspecified atom stereocenters. The predicted molar refractivity (Wildman–Crippen MR) is 72.1 cm³/mol. The van der Waals surface area contributed by atoms with Crippen LogP contribution in [0.4, 0.5) is 11.4 Å². The Bertz CT molecular complexity index is 600. The van der Waals surface area contributed by atoms with E-state index in [4.69, 9.17) is 10.9 Å². The predicted octanol–water partition coefficient (Wildman–Crippen LogP) is -0.758. The molecule has 104 valence electrons. The van der Waals surface area contributed by atoms with E-state index in [2.05, 4.69) is 5.32 Å². The first-order valence-corrected chi connectivity index (χ1v) is 7.36. The van der Waals surface area contributed by atoms with E-state index in [0.29, 0.717) is 37.4 Å². The van der Waals surface area contributed by atoms with E-state index >= 15 is 0 Å². The molecule has 0 bridgehead atoms. The number of nitrogens with two attached hydrogens (primary N) is 2. The fraction of sp³-hybridized carbons (Fsp3) is 0.364. The van der Waals surface area contributed by atoms with E-state index in [1.807, 2.05) is 4.90 Å². The van der Waals surface area contributed by atoms with E-state index < -0.39 is 10.0 Å². The summed E-state index contributed by atoms with van der Waals surface area (Å²) in [7, 11) is -3.75.